The lowest BCUT2D eigenvalue weighted by Gasteiger charge is -2.22. The quantitative estimate of drug-likeness (QED) is 0.618. The Balaban J connectivity index is 2.06. The van der Waals surface area contributed by atoms with Gasteiger partial charge in [-0.05, 0) is 42.5 Å². The molecule has 134 valence electrons. The average Bonchev–Trinajstić information content (AvgIpc) is 3.19. The second-order valence-electron chi connectivity index (χ2n) is 5.30. The van der Waals surface area contributed by atoms with Gasteiger partial charge < -0.3 is 9.15 Å². The molecule has 7 nitrogen and oxygen atoms in total. The lowest BCUT2D eigenvalue weighted by molar-refractivity contribution is 0.0600. The molecule has 0 amide bonds. The van der Waals surface area contributed by atoms with E-state index in [2.05, 4.69) is 9.72 Å². The van der Waals surface area contributed by atoms with Crippen LogP contribution in [0.3, 0.4) is 0 Å². The van der Waals surface area contributed by atoms with Gasteiger partial charge in [0.25, 0.3) is 10.0 Å². The van der Waals surface area contributed by atoms with E-state index >= 15 is 0 Å². The maximum atomic E-state index is 13.2. The molecule has 0 aliphatic heterocycles. The second-order valence-corrected chi connectivity index (χ2v) is 7.16. The fourth-order valence-corrected chi connectivity index (χ4v) is 3.80. The number of carbonyl (C=O) groups excluding carboxylic acids is 1. The number of benzene rings is 1. The average molecular weight is 372 g/mol. The summed E-state index contributed by atoms with van der Waals surface area (Å²) in [4.78, 5) is 15.8. The van der Waals surface area contributed by atoms with E-state index in [1.807, 2.05) is 0 Å². The molecular formula is C18H16N2O5S. The number of hydrogen-bond acceptors (Lipinski definition) is 6. The molecule has 0 unspecified atom stereocenters. The van der Waals surface area contributed by atoms with Crippen molar-refractivity contribution in [3.8, 4) is 0 Å². The number of esters is 1. The van der Waals surface area contributed by atoms with E-state index in [-0.39, 0.29) is 22.8 Å². The summed E-state index contributed by atoms with van der Waals surface area (Å²) in [5, 5.41) is 0. The molecule has 8 heteroatoms. The number of methoxy groups -OCH3 is 1. The Morgan fingerprint density at radius 3 is 2.65 bits per heavy atom. The Kier molecular flexibility index (Phi) is 5.04. The lowest BCUT2D eigenvalue weighted by atomic mass is 10.2. The standard InChI is InChI=1S/C18H16N2O5S/c1-24-18(21)14-6-4-8-16(12-14)26(22,23)20(13-15-7-5-11-25-15)17-9-2-3-10-19-17/h2-12H,13H2,1H3. The Morgan fingerprint density at radius 2 is 2.00 bits per heavy atom. The van der Waals surface area contributed by atoms with Crippen molar-refractivity contribution in [3.05, 3.63) is 78.4 Å². The van der Waals surface area contributed by atoms with Crippen molar-refractivity contribution in [1.82, 2.24) is 4.98 Å². The topological polar surface area (TPSA) is 89.7 Å². The first-order chi connectivity index (χ1) is 12.5. The van der Waals surface area contributed by atoms with Crippen molar-refractivity contribution >= 4 is 21.8 Å². The van der Waals surface area contributed by atoms with E-state index in [0.29, 0.717) is 5.76 Å². The van der Waals surface area contributed by atoms with E-state index in [4.69, 9.17) is 4.42 Å². The number of furan rings is 1. The molecule has 0 aliphatic carbocycles. The van der Waals surface area contributed by atoms with Crippen LogP contribution in [-0.4, -0.2) is 26.5 Å². The molecule has 0 bridgehead atoms. The molecule has 26 heavy (non-hydrogen) atoms. The SMILES string of the molecule is COC(=O)c1cccc(S(=O)(=O)N(Cc2ccco2)c2ccccn2)c1. The molecule has 2 aromatic heterocycles. The maximum absolute atomic E-state index is 13.2. The number of hydrogen-bond donors (Lipinski definition) is 0. The van der Waals surface area contributed by atoms with Gasteiger partial charge in [0.05, 0.1) is 30.4 Å². The smallest absolute Gasteiger partial charge is 0.337 e. The molecule has 0 radical (unpaired) electrons. The molecule has 0 N–H and O–H groups in total. The monoisotopic (exact) mass is 372 g/mol. The van der Waals surface area contributed by atoms with Crippen LogP contribution in [0.25, 0.3) is 0 Å². The zero-order chi connectivity index (χ0) is 18.6. The van der Waals surface area contributed by atoms with Crippen molar-refractivity contribution < 1.29 is 22.4 Å². The van der Waals surface area contributed by atoms with E-state index in [1.54, 1.807) is 30.3 Å². The predicted octanol–water partition coefficient (Wildman–Crippen LogP) is 2.86. The number of aromatic nitrogens is 1. The molecule has 3 rings (SSSR count). The summed E-state index contributed by atoms with van der Waals surface area (Å²) in [6.45, 7) is -0.0329. The van der Waals surface area contributed by atoms with Gasteiger partial charge in [-0.25, -0.2) is 22.5 Å². The summed E-state index contributed by atoms with van der Waals surface area (Å²) in [5.74, 6) is 0.0909. The van der Waals surface area contributed by atoms with Gasteiger partial charge in [0.15, 0.2) is 0 Å². The molecule has 0 aliphatic rings. The van der Waals surface area contributed by atoms with Crippen molar-refractivity contribution in [1.29, 1.82) is 0 Å². The summed E-state index contributed by atoms with van der Waals surface area (Å²) in [6, 6.07) is 14.0. The summed E-state index contributed by atoms with van der Waals surface area (Å²) in [7, 11) is -2.75. The molecule has 0 fully saturated rings. The number of anilines is 1. The highest BCUT2D eigenvalue weighted by molar-refractivity contribution is 7.92. The van der Waals surface area contributed by atoms with Crippen LogP contribution in [0.4, 0.5) is 5.82 Å². The third-order valence-electron chi connectivity index (χ3n) is 3.63. The Morgan fingerprint density at radius 1 is 1.15 bits per heavy atom. The zero-order valence-corrected chi connectivity index (χ0v) is 14.7. The molecule has 0 saturated heterocycles. The van der Waals surface area contributed by atoms with Crippen molar-refractivity contribution in [2.75, 3.05) is 11.4 Å². The van der Waals surface area contributed by atoms with Crippen LogP contribution < -0.4 is 4.31 Å². The molecule has 0 spiro atoms. The molecule has 3 aromatic rings. The number of nitrogens with zero attached hydrogens (tertiary/aromatic N) is 2. The number of rotatable bonds is 6. The highest BCUT2D eigenvalue weighted by Gasteiger charge is 2.27. The lowest BCUT2D eigenvalue weighted by Crippen LogP contribution is -2.31. The summed E-state index contributed by atoms with van der Waals surface area (Å²) in [5.41, 5.74) is 0.146. The van der Waals surface area contributed by atoms with Gasteiger partial charge in [-0.3, -0.25) is 0 Å². The van der Waals surface area contributed by atoms with Crippen LogP contribution >= 0.6 is 0 Å². The van der Waals surface area contributed by atoms with E-state index in [0.717, 1.165) is 4.31 Å². The Labute approximate surface area is 150 Å². The number of ether oxygens (including phenoxy) is 1. The normalized spacial score (nSPS) is 11.1. The second kappa shape index (κ2) is 7.40. The van der Waals surface area contributed by atoms with Gasteiger partial charge in [-0.2, -0.15) is 0 Å². The van der Waals surface area contributed by atoms with Crippen molar-refractivity contribution in [2.24, 2.45) is 0 Å². The van der Waals surface area contributed by atoms with Gasteiger partial charge in [0.1, 0.15) is 11.6 Å². The molecule has 0 saturated carbocycles. The Bertz CT molecular complexity index is 985. The van der Waals surface area contributed by atoms with Crippen molar-refractivity contribution in [2.45, 2.75) is 11.4 Å². The number of sulfonamides is 1. The minimum Gasteiger partial charge on any atom is -0.467 e. The first-order valence-electron chi connectivity index (χ1n) is 7.67. The molecule has 1 aromatic carbocycles. The predicted molar refractivity (Wildman–Crippen MR) is 94.1 cm³/mol. The van der Waals surface area contributed by atoms with Crippen LogP contribution in [0, 0.1) is 0 Å². The minimum absolute atomic E-state index is 0.0329. The zero-order valence-electron chi connectivity index (χ0n) is 13.9. The molecular weight excluding hydrogens is 356 g/mol. The van der Waals surface area contributed by atoms with E-state index in [9.17, 15) is 13.2 Å². The molecule has 2 heterocycles. The summed E-state index contributed by atoms with van der Waals surface area (Å²) in [6.07, 6.45) is 2.97. The van der Waals surface area contributed by atoms with Gasteiger partial charge in [0, 0.05) is 6.20 Å². The third kappa shape index (κ3) is 3.60. The third-order valence-corrected chi connectivity index (χ3v) is 5.37. The largest absolute Gasteiger partial charge is 0.467 e. The van der Waals surface area contributed by atoms with Crippen LogP contribution in [0.5, 0.6) is 0 Å². The van der Waals surface area contributed by atoms with Crippen LogP contribution in [0.2, 0.25) is 0 Å². The van der Waals surface area contributed by atoms with Crippen LogP contribution in [0.1, 0.15) is 16.1 Å². The fraction of sp³-hybridized carbons (Fsp3) is 0.111. The van der Waals surface area contributed by atoms with Gasteiger partial charge in [-0.15, -0.1) is 0 Å². The fourth-order valence-electron chi connectivity index (χ4n) is 2.36. The van der Waals surface area contributed by atoms with Gasteiger partial charge in [-0.1, -0.05) is 12.1 Å². The van der Waals surface area contributed by atoms with E-state index < -0.39 is 16.0 Å². The van der Waals surface area contributed by atoms with E-state index in [1.165, 1.54) is 43.8 Å². The Hall–Kier alpha value is -3.13. The van der Waals surface area contributed by atoms with Gasteiger partial charge in [0.2, 0.25) is 0 Å². The minimum atomic E-state index is -3.99. The first-order valence-corrected chi connectivity index (χ1v) is 9.11. The summed E-state index contributed by atoms with van der Waals surface area (Å²) >= 11 is 0. The first kappa shape index (κ1) is 17.7. The van der Waals surface area contributed by atoms with Gasteiger partial charge >= 0.3 is 5.97 Å². The van der Waals surface area contributed by atoms with Crippen LogP contribution in [0.15, 0.2) is 76.4 Å². The number of pyridine rings is 1. The maximum Gasteiger partial charge on any atom is 0.337 e. The summed E-state index contributed by atoms with van der Waals surface area (Å²) < 4.78 is 37.5. The van der Waals surface area contributed by atoms with Crippen LogP contribution in [-0.2, 0) is 21.3 Å². The van der Waals surface area contributed by atoms with Crippen molar-refractivity contribution in [3.63, 3.8) is 0 Å². The highest BCUT2D eigenvalue weighted by atomic mass is 32.2. The highest BCUT2D eigenvalue weighted by Crippen LogP contribution is 2.25. The molecule has 0 atom stereocenters. The number of carbonyl (C=O) groups is 1.